The normalized spacial score (nSPS) is 28.6. The minimum Gasteiger partial charge on any atom is -0.494 e. The second kappa shape index (κ2) is 9.18. The summed E-state index contributed by atoms with van der Waals surface area (Å²) in [7, 11) is 0. The number of hydrogen-bond acceptors (Lipinski definition) is 5. The Morgan fingerprint density at radius 3 is 2.43 bits per heavy atom. The van der Waals surface area contributed by atoms with E-state index in [-0.39, 0.29) is 11.9 Å². The van der Waals surface area contributed by atoms with Crippen molar-refractivity contribution in [1.82, 2.24) is 10.2 Å². The van der Waals surface area contributed by atoms with Crippen molar-refractivity contribution < 1.29 is 24.2 Å². The van der Waals surface area contributed by atoms with Crippen molar-refractivity contribution in [3.8, 4) is 5.75 Å². The molecule has 4 atom stereocenters. The lowest BCUT2D eigenvalue weighted by molar-refractivity contribution is -0.146. The number of carbonyl (C=O) groups is 2. The number of ether oxygens (including phenoxy) is 2. The van der Waals surface area contributed by atoms with Crippen LogP contribution in [0, 0.1) is 11.8 Å². The number of amides is 1. The molecule has 0 spiro atoms. The number of benzene rings is 1. The number of fused-ring (bicyclic) bond motifs is 2. The maximum absolute atomic E-state index is 12.8. The summed E-state index contributed by atoms with van der Waals surface area (Å²) in [5.74, 6) is -1.66. The van der Waals surface area contributed by atoms with Gasteiger partial charge < -0.3 is 24.8 Å². The van der Waals surface area contributed by atoms with E-state index in [2.05, 4.69) is 22.3 Å². The van der Waals surface area contributed by atoms with Crippen LogP contribution in [0.25, 0.3) is 0 Å². The number of aliphatic carboxylic acids is 1. The fourth-order valence-corrected chi connectivity index (χ4v) is 4.72. The lowest BCUT2D eigenvalue weighted by Crippen LogP contribution is -2.49. The molecule has 3 aliphatic heterocycles. The van der Waals surface area contributed by atoms with Crippen LogP contribution in [0.3, 0.4) is 0 Å². The number of likely N-dealkylation sites (tertiary alicyclic amines) is 1. The van der Waals surface area contributed by atoms with Crippen molar-refractivity contribution in [3.63, 3.8) is 0 Å². The van der Waals surface area contributed by atoms with Gasteiger partial charge in [0.1, 0.15) is 11.7 Å². The zero-order valence-electron chi connectivity index (χ0n) is 17.3. The number of carbonyl (C=O) groups excluding carboxylic acids is 1. The molecule has 162 valence electrons. The summed E-state index contributed by atoms with van der Waals surface area (Å²) < 4.78 is 11.1. The summed E-state index contributed by atoms with van der Waals surface area (Å²) >= 11 is 0. The van der Waals surface area contributed by atoms with Crippen LogP contribution < -0.4 is 10.1 Å². The average molecular weight is 415 g/mol. The summed E-state index contributed by atoms with van der Waals surface area (Å²) in [4.78, 5) is 26.8. The van der Waals surface area contributed by atoms with Gasteiger partial charge in [-0.1, -0.05) is 24.3 Å². The van der Waals surface area contributed by atoms with Crippen molar-refractivity contribution in [2.45, 2.75) is 44.4 Å². The lowest BCUT2D eigenvalue weighted by Gasteiger charge is -2.33. The van der Waals surface area contributed by atoms with Crippen LogP contribution in [0.15, 0.2) is 36.4 Å². The van der Waals surface area contributed by atoms with E-state index in [1.54, 1.807) is 6.08 Å². The van der Waals surface area contributed by atoms with Gasteiger partial charge in [0.25, 0.3) is 0 Å². The Kier molecular flexibility index (Phi) is 6.39. The fourth-order valence-electron chi connectivity index (χ4n) is 4.72. The maximum Gasteiger partial charge on any atom is 0.310 e. The van der Waals surface area contributed by atoms with Gasteiger partial charge in [0, 0.05) is 25.7 Å². The maximum atomic E-state index is 12.8. The smallest absolute Gasteiger partial charge is 0.310 e. The largest absolute Gasteiger partial charge is 0.494 e. The molecule has 2 saturated heterocycles. The van der Waals surface area contributed by atoms with Crippen LogP contribution in [0.1, 0.15) is 25.3 Å². The fraction of sp³-hybridized carbons (Fsp3) is 0.565. The van der Waals surface area contributed by atoms with Gasteiger partial charge in [0.15, 0.2) is 0 Å². The molecule has 7 nitrogen and oxygen atoms in total. The standard InChI is InChI=1S/C23H30N2O5/c1-2-29-17-5-3-15(4-6-17)9-12-25-13-10-16(11-14-25)24-22(26)20-18-7-8-19(30-18)21(20)23(27)28/h3-8,16,18-21H,2,9-14H2,1H3,(H,24,26)(H,27,28)/t18-,19+,20?,21?/m0/s1. The van der Waals surface area contributed by atoms with Gasteiger partial charge in [0.05, 0.1) is 24.7 Å². The Morgan fingerprint density at radius 2 is 1.80 bits per heavy atom. The molecule has 2 fully saturated rings. The first-order valence-corrected chi connectivity index (χ1v) is 10.9. The Hall–Kier alpha value is -2.38. The van der Waals surface area contributed by atoms with E-state index in [0.717, 1.165) is 44.6 Å². The summed E-state index contributed by atoms with van der Waals surface area (Å²) in [5.41, 5.74) is 1.29. The number of nitrogens with one attached hydrogen (secondary N) is 1. The van der Waals surface area contributed by atoms with E-state index < -0.39 is 30.0 Å². The van der Waals surface area contributed by atoms with Crippen LogP contribution >= 0.6 is 0 Å². The first kappa shape index (κ1) is 20.9. The first-order chi connectivity index (χ1) is 14.5. The Balaban J connectivity index is 1.21. The number of piperidine rings is 1. The SMILES string of the molecule is CCOc1ccc(CCN2CCC(NC(=O)C3C(C(=O)O)[C@H]4C=C[C@@H]3O4)CC2)cc1. The molecule has 3 aliphatic rings. The Bertz CT molecular complexity index is 785. The summed E-state index contributed by atoms with van der Waals surface area (Å²) in [6.45, 7) is 5.50. The summed E-state index contributed by atoms with van der Waals surface area (Å²) in [6.07, 6.45) is 5.43. The molecule has 0 saturated carbocycles. The van der Waals surface area contributed by atoms with Crippen LogP contribution in [-0.2, 0) is 20.7 Å². The minimum atomic E-state index is -0.962. The zero-order chi connectivity index (χ0) is 21.1. The number of rotatable bonds is 8. The van der Waals surface area contributed by atoms with Gasteiger partial charge in [-0.05, 0) is 43.9 Å². The molecule has 0 aliphatic carbocycles. The number of carboxylic acid groups (broad SMARTS) is 1. The molecule has 4 rings (SSSR count). The average Bonchev–Trinajstić information content (AvgIpc) is 3.36. The number of nitrogens with zero attached hydrogens (tertiary/aromatic N) is 1. The molecule has 1 aromatic carbocycles. The predicted molar refractivity (Wildman–Crippen MR) is 111 cm³/mol. The highest BCUT2D eigenvalue weighted by atomic mass is 16.5. The molecule has 2 unspecified atom stereocenters. The molecular weight excluding hydrogens is 384 g/mol. The van der Waals surface area contributed by atoms with Crippen LogP contribution in [-0.4, -0.2) is 66.4 Å². The minimum absolute atomic E-state index is 0.0942. The van der Waals surface area contributed by atoms with E-state index in [1.807, 2.05) is 25.1 Å². The van der Waals surface area contributed by atoms with E-state index in [0.29, 0.717) is 6.61 Å². The highest BCUT2D eigenvalue weighted by Gasteiger charge is 2.53. The molecule has 2 N–H and O–H groups in total. The molecule has 30 heavy (non-hydrogen) atoms. The highest BCUT2D eigenvalue weighted by Crippen LogP contribution is 2.39. The van der Waals surface area contributed by atoms with Gasteiger partial charge in [-0.3, -0.25) is 9.59 Å². The molecule has 1 amide bonds. The van der Waals surface area contributed by atoms with Gasteiger partial charge in [-0.25, -0.2) is 0 Å². The molecule has 1 aromatic rings. The summed E-state index contributed by atoms with van der Waals surface area (Å²) in [6, 6.07) is 8.35. The van der Waals surface area contributed by atoms with Crippen molar-refractivity contribution in [3.05, 3.63) is 42.0 Å². The number of carboxylic acids is 1. The molecule has 0 aromatic heterocycles. The molecule has 3 heterocycles. The number of hydrogen-bond donors (Lipinski definition) is 2. The van der Waals surface area contributed by atoms with Crippen molar-refractivity contribution in [1.29, 1.82) is 0 Å². The second-order valence-corrected chi connectivity index (χ2v) is 8.29. The predicted octanol–water partition coefficient (Wildman–Crippen LogP) is 1.86. The van der Waals surface area contributed by atoms with E-state index >= 15 is 0 Å². The van der Waals surface area contributed by atoms with Gasteiger partial charge >= 0.3 is 5.97 Å². The summed E-state index contributed by atoms with van der Waals surface area (Å²) in [5, 5.41) is 12.6. The molecule has 7 heteroatoms. The van der Waals surface area contributed by atoms with Crippen molar-refractivity contribution >= 4 is 11.9 Å². The van der Waals surface area contributed by atoms with E-state index in [1.165, 1.54) is 5.56 Å². The monoisotopic (exact) mass is 414 g/mol. The van der Waals surface area contributed by atoms with Crippen LogP contribution in [0.4, 0.5) is 0 Å². The first-order valence-electron chi connectivity index (χ1n) is 10.9. The third kappa shape index (κ3) is 4.52. The molecule has 2 bridgehead atoms. The van der Waals surface area contributed by atoms with E-state index in [9.17, 15) is 14.7 Å². The highest BCUT2D eigenvalue weighted by molar-refractivity contribution is 5.87. The van der Waals surface area contributed by atoms with Crippen LogP contribution in [0.2, 0.25) is 0 Å². The van der Waals surface area contributed by atoms with Gasteiger partial charge in [0.2, 0.25) is 5.91 Å². The second-order valence-electron chi connectivity index (χ2n) is 8.29. The van der Waals surface area contributed by atoms with Crippen molar-refractivity contribution in [2.75, 3.05) is 26.2 Å². The lowest BCUT2D eigenvalue weighted by atomic mass is 9.82. The van der Waals surface area contributed by atoms with Crippen molar-refractivity contribution in [2.24, 2.45) is 11.8 Å². The quantitative estimate of drug-likeness (QED) is 0.632. The Morgan fingerprint density at radius 1 is 1.13 bits per heavy atom. The Labute approximate surface area is 177 Å². The topological polar surface area (TPSA) is 88.1 Å². The molecular formula is C23H30N2O5. The zero-order valence-corrected chi connectivity index (χ0v) is 17.3. The third-order valence-corrected chi connectivity index (χ3v) is 6.37. The third-order valence-electron chi connectivity index (χ3n) is 6.37. The van der Waals surface area contributed by atoms with Gasteiger partial charge in [-0.15, -0.1) is 0 Å². The van der Waals surface area contributed by atoms with Gasteiger partial charge in [-0.2, -0.15) is 0 Å². The van der Waals surface area contributed by atoms with E-state index in [4.69, 9.17) is 9.47 Å². The molecule has 0 radical (unpaired) electrons. The van der Waals surface area contributed by atoms with Crippen LogP contribution in [0.5, 0.6) is 5.75 Å².